The molecule has 2 aliphatic rings. The van der Waals surface area contributed by atoms with E-state index in [1.165, 1.54) is 0 Å². The van der Waals surface area contributed by atoms with Gasteiger partial charge in [0.25, 0.3) is 8.32 Å². The standard InChI is InChI=1S/C43H51F3N2O3Si/c1-40(2,3)52(37-12-8-6-9-13-37,38-14-10-7-11-15-38)51-42(5)27-34-26-32(22-24-49)16-21-39(34)43(47-42,31-41(4,45)46)35-17-19-36(20-18-35)50-25-23-48-29-33(28-44)30-48/h6-21,24,26,33,47H,22-23,25,27-31H2,1-5H3/t42-,43-/m0/s1. The number of halogens is 3. The maximum atomic E-state index is 15.7. The molecule has 0 amide bonds. The van der Waals surface area contributed by atoms with Crippen LogP contribution < -0.4 is 20.4 Å². The van der Waals surface area contributed by atoms with Gasteiger partial charge in [0.1, 0.15) is 24.4 Å². The van der Waals surface area contributed by atoms with Gasteiger partial charge in [-0.3, -0.25) is 14.6 Å². The van der Waals surface area contributed by atoms with Gasteiger partial charge in [0.05, 0.1) is 12.2 Å². The molecule has 4 aromatic carbocycles. The molecule has 0 bridgehead atoms. The summed E-state index contributed by atoms with van der Waals surface area (Å²) in [6.07, 6.45) is 0.971. The fraction of sp³-hybridized carbons (Fsp3) is 0.419. The third-order valence-electron chi connectivity index (χ3n) is 10.6. The number of likely N-dealkylation sites (tertiary alicyclic amines) is 1. The van der Waals surface area contributed by atoms with Crippen molar-refractivity contribution in [3.05, 3.63) is 125 Å². The maximum Gasteiger partial charge on any atom is 0.263 e. The van der Waals surface area contributed by atoms with Crippen molar-refractivity contribution in [2.75, 3.05) is 32.9 Å². The summed E-state index contributed by atoms with van der Waals surface area (Å²) in [7, 11) is -3.17. The number of alkyl halides is 3. The van der Waals surface area contributed by atoms with Crippen molar-refractivity contribution in [3.8, 4) is 5.75 Å². The number of hydrogen-bond donors (Lipinski definition) is 1. The van der Waals surface area contributed by atoms with Crippen LogP contribution in [-0.2, 0) is 27.6 Å². The summed E-state index contributed by atoms with van der Waals surface area (Å²) < 4.78 is 58.0. The lowest BCUT2D eigenvalue weighted by Gasteiger charge is -2.55. The van der Waals surface area contributed by atoms with E-state index in [1.807, 2.05) is 85.8 Å². The summed E-state index contributed by atoms with van der Waals surface area (Å²) >= 11 is 0. The lowest BCUT2D eigenvalue weighted by molar-refractivity contribution is -0.107. The molecule has 2 aliphatic heterocycles. The fourth-order valence-corrected chi connectivity index (χ4v) is 13.2. The van der Waals surface area contributed by atoms with Crippen molar-refractivity contribution >= 4 is 25.0 Å². The Hall–Kier alpha value is -3.76. The van der Waals surface area contributed by atoms with Crippen LogP contribution in [0, 0.1) is 5.92 Å². The number of ether oxygens (including phenoxy) is 1. The van der Waals surface area contributed by atoms with E-state index in [1.54, 1.807) is 0 Å². The van der Waals surface area contributed by atoms with Gasteiger partial charge in [-0.15, -0.1) is 0 Å². The third kappa shape index (κ3) is 7.79. The molecule has 9 heteroatoms. The van der Waals surface area contributed by atoms with E-state index >= 15 is 8.78 Å². The largest absolute Gasteiger partial charge is 0.492 e. The van der Waals surface area contributed by atoms with Gasteiger partial charge in [0.2, 0.25) is 5.92 Å². The molecule has 0 saturated carbocycles. The Balaban J connectivity index is 1.46. The molecule has 4 aromatic rings. The summed E-state index contributed by atoms with van der Waals surface area (Å²) in [5.41, 5.74) is 0.613. The van der Waals surface area contributed by atoms with E-state index in [4.69, 9.17) is 9.16 Å². The second-order valence-corrected chi connectivity index (χ2v) is 20.2. The van der Waals surface area contributed by atoms with E-state index < -0.39 is 31.9 Å². The number of nitrogens with zero attached hydrogens (tertiary/aromatic N) is 1. The number of fused-ring (bicyclic) bond motifs is 1. The molecule has 2 atom stereocenters. The molecule has 276 valence electrons. The van der Waals surface area contributed by atoms with Crippen LogP contribution in [0.15, 0.2) is 103 Å². The molecule has 0 unspecified atom stereocenters. The number of aldehydes is 1. The Morgan fingerprint density at radius 2 is 1.52 bits per heavy atom. The summed E-state index contributed by atoms with van der Waals surface area (Å²) in [5, 5.41) is 5.59. The van der Waals surface area contributed by atoms with E-state index in [0.717, 1.165) is 53.4 Å². The molecule has 52 heavy (non-hydrogen) atoms. The van der Waals surface area contributed by atoms with E-state index in [0.29, 0.717) is 30.9 Å². The van der Waals surface area contributed by atoms with Crippen LogP contribution in [0.4, 0.5) is 13.2 Å². The Kier molecular flexibility index (Phi) is 10.9. The highest BCUT2D eigenvalue weighted by molar-refractivity contribution is 6.99. The van der Waals surface area contributed by atoms with Gasteiger partial charge in [0.15, 0.2) is 0 Å². The van der Waals surface area contributed by atoms with Crippen molar-refractivity contribution in [1.29, 1.82) is 0 Å². The lowest BCUT2D eigenvalue weighted by atomic mass is 9.71. The lowest BCUT2D eigenvalue weighted by Crippen LogP contribution is -2.74. The minimum atomic E-state index is -3.17. The Bertz CT molecular complexity index is 1770. The minimum Gasteiger partial charge on any atom is -0.492 e. The van der Waals surface area contributed by atoms with Gasteiger partial charge >= 0.3 is 0 Å². The number of rotatable bonds is 14. The molecule has 0 spiro atoms. The summed E-state index contributed by atoms with van der Waals surface area (Å²) in [6.45, 7) is 11.9. The van der Waals surface area contributed by atoms with Gasteiger partial charge in [-0.25, -0.2) is 8.78 Å². The molecule has 0 aliphatic carbocycles. The van der Waals surface area contributed by atoms with Crippen molar-refractivity contribution in [2.24, 2.45) is 5.92 Å². The topological polar surface area (TPSA) is 50.8 Å². The first-order valence-corrected chi connectivity index (χ1v) is 20.2. The van der Waals surface area contributed by atoms with Crippen LogP contribution in [-0.4, -0.2) is 64.1 Å². The molecule has 5 nitrogen and oxygen atoms in total. The number of benzene rings is 4. The average molecular weight is 729 g/mol. The van der Waals surface area contributed by atoms with Crippen molar-refractivity contribution in [2.45, 2.75) is 76.1 Å². The second kappa shape index (κ2) is 14.9. The van der Waals surface area contributed by atoms with Crippen LogP contribution in [0.2, 0.25) is 5.04 Å². The number of hydrogen-bond acceptors (Lipinski definition) is 5. The first-order valence-electron chi connectivity index (χ1n) is 18.3. The van der Waals surface area contributed by atoms with E-state index in [9.17, 15) is 9.18 Å². The number of nitrogens with one attached hydrogen (secondary N) is 1. The van der Waals surface area contributed by atoms with Gasteiger partial charge in [-0.2, -0.15) is 0 Å². The molecular formula is C43H51F3N2O3Si. The first-order chi connectivity index (χ1) is 24.7. The van der Waals surface area contributed by atoms with Crippen LogP contribution >= 0.6 is 0 Å². The highest BCUT2D eigenvalue weighted by Crippen LogP contribution is 2.48. The maximum absolute atomic E-state index is 15.7. The van der Waals surface area contributed by atoms with Gasteiger partial charge < -0.3 is 14.0 Å². The third-order valence-corrected chi connectivity index (χ3v) is 15.8. The summed E-state index contributed by atoms with van der Waals surface area (Å²) in [4.78, 5) is 13.8. The monoisotopic (exact) mass is 728 g/mol. The predicted octanol–water partition coefficient (Wildman–Crippen LogP) is 7.44. The van der Waals surface area contributed by atoms with Crippen LogP contribution in [0.25, 0.3) is 0 Å². The zero-order valence-electron chi connectivity index (χ0n) is 30.9. The first kappa shape index (κ1) is 38.0. The van der Waals surface area contributed by atoms with Crippen LogP contribution in [0.3, 0.4) is 0 Å². The van der Waals surface area contributed by atoms with Crippen LogP contribution in [0.1, 0.15) is 63.3 Å². The molecule has 1 saturated heterocycles. The molecular weight excluding hydrogens is 678 g/mol. The molecule has 0 radical (unpaired) electrons. The van der Waals surface area contributed by atoms with Crippen molar-refractivity contribution in [3.63, 3.8) is 0 Å². The van der Waals surface area contributed by atoms with Gasteiger partial charge in [0, 0.05) is 44.8 Å². The zero-order valence-corrected chi connectivity index (χ0v) is 31.9. The predicted molar refractivity (Wildman–Crippen MR) is 204 cm³/mol. The van der Waals surface area contributed by atoms with Crippen molar-refractivity contribution < 1.29 is 27.1 Å². The quantitative estimate of drug-likeness (QED) is 0.108. The molecule has 1 N–H and O–H groups in total. The van der Waals surface area contributed by atoms with Gasteiger partial charge in [-0.1, -0.05) is 112 Å². The minimum absolute atomic E-state index is 0.110. The number of carbonyl (C=O) groups excluding carboxylic acids is 1. The highest BCUT2D eigenvalue weighted by Gasteiger charge is 2.57. The Morgan fingerprint density at radius 3 is 2.06 bits per heavy atom. The van der Waals surface area contributed by atoms with Crippen LogP contribution in [0.5, 0.6) is 5.75 Å². The van der Waals surface area contributed by atoms with E-state index in [-0.39, 0.29) is 24.1 Å². The molecule has 6 rings (SSSR count). The Labute approximate surface area is 307 Å². The fourth-order valence-electron chi connectivity index (χ4n) is 8.43. The number of carbonyl (C=O) groups is 1. The Morgan fingerprint density at radius 1 is 0.904 bits per heavy atom. The second-order valence-electron chi connectivity index (χ2n) is 16.0. The smallest absolute Gasteiger partial charge is 0.263 e. The van der Waals surface area contributed by atoms with Crippen molar-refractivity contribution in [1.82, 2.24) is 10.2 Å². The SMILES string of the molecule is CC(F)(F)C[C@@]1(c2ccc(OCCN3CC(CF)C3)cc2)N[C@@](C)(O[Si](c2ccccc2)(c2ccccc2)C(C)(C)C)Cc2cc(CC=O)ccc21. The zero-order chi connectivity index (χ0) is 37.2. The highest BCUT2D eigenvalue weighted by atomic mass is 28.4. The normalized spacial score (nSPS) is 21.3. The van der Waals surface area contributed by atoms with Gasteiger partial charge in [-0.05, 0) is 63.6 Å². The summed E-state index contributed by atoms with van der Waals surface area (Å²) in [5.74, 6) is -2.32. The molecule has 0 aromatic heterocycles. The molecule has 1 fully saturated rings. The summed E-state index contributed by atoms with van der Waals surface area (Å²) in [6, 6.07) is 33.8. The molecule has 2 heterocycles. The average Bonchev–Trinajstić information content (AvgIpc) is 3.08. The van der Waals surface area contributed by atoms with E-state index in [2.05, 4.69) is 55.3 Å².